The molecule has 2 rings (SSSR count). The van der Waals surface area contributed by atoms with Crippen LogP contribution in [0.25, 0.3) is 0 Å². The first-order chi connectivity index (χ1) is 11.1. The van der Waals surface area contributed by atoms with Crippen molar-refractivity contribution in [2.75, 3.05) is 29.1 Å². The third-order valence-electron chi connectivity index (χ3n) is 2.69. The van der Waals surface area contributed by atoms with Crippen molar-refractivity contribution in [3.8, 4) is 11.5 Å². The van der Waals surface area contributed by atoms with E-state index in [9.17, 15) is 10.2 Å². The summed E-state index contributed by atoms with van der Waals surface area (Å²) in [6, 6.07) is 4.23. The van der Waals surface area contributed by atoms with Crippen LogP contribution in [-0.4, -0.2) is 44.5 Å². The lowest BCUT2D eigenvalue weighted by molar-refractivity contribution is 0.450. The Morgan fingerprint density at radius 2 is 1.61 bits per heavy atom. The molecule has 0 atom stereocenters. The van der Waals surface area contributed by atoms with Crippen LogP contribution in [0.2, 0.25) is 0 Å². The van der Waals surface area contributed by atoms with Crippen LogP contribution in [0.3, 0.4) is 0 Å². The molecule has 0 aliphatic carbocycles. The van der Waals surface area contributed by atoms with E-state index in [0.29, 0.717) is 30.5 Å². The van der Waals surface area contributed by atoms with E-state index in [0.717, 1.165) is 0 Å². The van der Waals surface area contributed by atoms with Crippen molar-refractivity contribution < 1.29 is 10.2 Å². The minimum Gasteiger partial charge on any atom is -0.508 e. The maximum atomic E-state index is 9.68. The van der Waals surface area contributed by atoms with Crippen molar-refractivity contribution in [1.82, 2.24) is 15.0 Å². The molecule has 0 aliphatic rings. The molecular weight excluding hydrogens is 298 g/mol. The molecule has 0 radical (unpaired) electrons. The van der Waals surface area contributed by atoms with Crippen LogP contribution in [0.1, 0.15) is 19.4 Å². The van der Waals surface area contributed by atoms with Gasteiger partial charge in [-0.25, -0.2) is 5.43 Å². The summed E-state index contributed by atoms with van der Waals surface area (Å²) in [6.07, 6.45) is 1.40. The van der Waals surface area contributed by atoms with Crippen molar-refractivity contribution in [2.24, 2.45) is 5.10 Å². The van der Waals surface area contributed by atoms with Crippen molar-refractivity contribution in [3.63, 3.8) is 0 Å². The first kappa shape index (κ1) is 16.3. The standard InChI is InChI=1S/C14H19N7O2/c1-3-15-12-18-13(16-4-2)20-14(19-12)21-17-8-9-5-6-10(22)7-11(9)23/h5-8,22-23H,3-4H2,1-2H3,(H3,15,16,18,19,20,21)/b17-8-. The molecule has 0 aliphatic heterocycles. The minimum absolute atomic E-state index is 0.0179. The van der Waals surface area contributed by atoms with E-state index in [4.69, 9.17) is 0 Å². The monoisotopic (exact) mass is 317 g/mol. The van der Waals surface area contributed by atoms with Crippen LogP contribution in [0.5, 0.6) is 11.5 Å². The van der Waals surface area contributed by atoms with Crippen LogP contribution in [0.4, 0.5) is 17.8 Å². The first-order valence-electron chi connectivity index (χ1n) is 7.17. The molecule has 0 saturated heterocycles. The summed E-state index contributed by atoms with van der Waals surface area (Å²) in [5, 5.41) is 28.9. The number of phenols is 2. The van der Waals surface area contributed by atoms with Crippen molar-refractivity contribution >= 4 is 24.1 Å². The maximum absolute atomic E-state index is 9.68. The van der Waals surface area contributed by atoms with Gasteiger partial charge in [0.2, 0.25) is 17.8 Å². The SMILES string of the molecule is CCNc1nc(NCC)nc(N/N=C\c2ccc(O)cc2O)n1. The van der Waals surface area contributed by atoms with Gasteiger partial charge in [0, 0.05) is 24.7 Å². The van der Waals surface area contributed by atoms with E-state index in [2.05, 4.69) is 36.1 Å². The molecule has 0 bridgehead atoms. The van der Waals surface area contributed by atoms with Gasteiger partial charge >= 0.3 is 0 Å². The Morgan fingerprint density at radius 3 is 2.17 bits per heavy atom. The minimum atomic E-state index is -0.0760. The molecule has 1 heterocycles. The van der Waals surface area contributed by atoms with Crippen molar-refractivity contribution in [2.45, 2.75) is 13.8 Å². The number of nitrogens with zero attached hydrogens (tertiary/aromatic N) is 4. The number of phenolic OH excluding ortho intramolecular Hbond substituents is 2. The van der Waals surface area contributed by atoms with Crippen LogP contribution in [0.15, 0.2) is 23.3 Å². The Balaban J connectivity index is 2.13. The first-order valence-corrected chi connectivity index (χ1v) is 7.17. The van der Waals surface area contributed by atoms with Crippen LogP contribution >= 0.6 is 0 Å². The van der Waals surface area contributed by atoms with Gasteiger partial charge in [-0.1, -0.05) is 0 Å². The number of rotatable bonds is 7. The molecule has 9 heteroatoms. The lowest BCUT2D eigenvalue weighted by Gasteiger charge is -2.07. The zero-order valence-corrected chi connectivity index (χ0v) is 12.9. The fourth-order valence-electron chi connectivity index (χ4n) is 1.70. The Hall–Kier alpha value is -3.10. The second kappa shape index (κ2) is 7.78. The Morgan fingerprint density at radius 1 is 1.00 bits per heavy atom. The van der Waals surface area contributed by atoms with E-state index in [-0.39, 0.29) is 17.4 Å². The molecule has 2 aromatic rings. The van der Waals surface area contributed by atoms with Gasteiger partial charge in [0.25, 0.3) is 0 Å². The van der Waals surface area contributed by atoms with Gasteiger partial charge in [0.05, 0.1) is 6.21 Å². The molecule has 9 nitrogen and oxygen atoms in total. The predicted molar refractivity (Wildman–Crippen MR) is 89.1 cm³/mol. The number of benzene rings is 1. The summed E-state index contributed by atoms with van der Waals surface area (Å²) in [6.45, 7) is 5.24. The molecule has 0 unspecified atom stereocenters. The van der Waals surface area contributed by atoms with Crippen LogP contribution < -0.4 is 16.1 Å². The fourth-order valence-corrected chi connectivity index (χ4v) is 1.70. The number of aromatic hydroxyl groups is 2. The number of hydrazone groups is 1. The quantitative estimate of drug-likeness (QED) is 0.385. The molecule has 0 amide bonds. The zero-order valence-electron chi connectivity index (χ0n) is 12.9. The van der Waals surface area contributed by atoms with Crippen molar-refractivity contribution in [1.29, 1.82) is 0 Å². The Kier molecular flexibility index (Phi) is 5.50. The van der Waals surface area contributed by atoms with Gasteiger partial charge in [-0.2, -0.15) is 20.1 Å². The lowest BCUT2D eigenvalue weighted by atomic mass is 10.2. The summed E-state index contributed by atoms with van der Waals surface area (Å²) < 4.78 is 0. The van der Waals surface area contributed by atoms with Crippen molar-refractivity contribution in [3.05, 3.63) is 23.8 Å². The number of aromatic nitrogens is 3. The van der Waals surface area contributed by atoms with Gasteiger partial charge < -0.3 is 20.8 Å². The van der Waals surface area contributed by atoms with E-state index in [1.54, 1.807) is 0 Å². The third kappa shape index (κ3) is 4.70. The number of hydrogen-bond donors (Lipinski definition) is 5. The second-order valence-electron chi connectivity index (χ2n) is 4.48. The highest BCUT2D eigenvalue weighted by Crippen LogP contribution is 2.20. The summed E-state index contributed by atoms with van der Waals surface area (Å²) >= 11 is 0. The molecule has 122 valence electrons. The lowest BCUT2D eigenvalue weighted by Crippen LogP contribution is -2.10. The average Bonchev–Trinajstić information content (AvgIpc) is 2.50. The summed E-state index contributed by atoms with van der Waals surface area (Å²) in [4.78, 5) is 12.5. The van der Waals surface area contributed by atoms with Crippen LogP contribution in [0, 0.1) is 0 Å². The van der Waals surface area contributed by atoms with Gasteiger partial charge in [-0.05, 0) is 26.0 Å². The summed E-state index contributed by atoms with van der Waals surface area (Å²) in [7, 11) is 0. The number of anilines is 3. The fraction of sp³-hybridized carbons (Fsp3) is 0.286. The molecule has 1 aromatic carbocycles. The molecule has 0 fully saturated rings. The van der Waals surface area contributed by atoms with E-state index in [1.807, 2.05) is 13.8 Å². The highest BCUT2D eigenvalue weighted by atomic mass is 16.3. The van der Waals surface area contributed by atoms with Gasteiger partial charge in [-0.15, -0.1) is 0 Å². The molecular formula is C14H19N7O2. The largest absolute Gasteiger partial charge is 0.508 e. The second-order valence-corrected chi connectivity index (χ2v) is 4.48. The highest BCUT2D eigenvalue weighted by Gasteiger charge is 2.05. The highest BCUT2D eigenvalue weighted by molar-refractivity contribution is 5.84. The molecule has 0 spiro atoms. The smallest absolute Gasteiger partial charge is 0.250 e. The Bertz CT molecular complexity index is 667. The molecule has 23 heavy (non-hydrogen) atoms. The van der Waals surface area contributed by atoms with E-state index < -0.39 is 0 Å². The normalized spacial score (nSPS) is 10.7. The molecule has 1 aromatic heterocycles. The zero-order chi connectivity index (χ0) is 16.7. The van der Waals surface area contributed by atoms with E-state index in [1.165, 1.54) is 24.4 Å². The average molecular weight is 317 g/mol. The topological polar surface area (TPSA) is 128 Å². The third-order valence-corrected chi connectivity index (χ3v) is 2.69. The number of nitrogens with one attached hydrogen (secondary N) is 3. The van der Waals surface area contributed by atoms with Gasteiger partial charge in [-0.3, -0.25) is 0 Å². The van der Waals surface area contributed by atoms with Gasteiger partial charge in [0.1, 0.15) is 11.5 Å². The maximum Gasteiger partial charge on any atom is 0.250 e. The predicted octanol–water partition coefficient (Wildman–Crippen LogP) is 1.59. The van der Waals surface area contributed by atoms with E-state index >= 15 is 0 Å². The molecule has 0 saturated carbocycles. The van der Waals surface area contributed by atoms with Gasteiger partial charge in [0.15, 0.2) is 0 Å². The summed E-state index contributed by atoms with van der Waals surface area (Å²) in [5.74, 6) is 1.04. The van der Waals surface area contributed by atoms with Crippen LogP contribution in [-0.2, 0) is 0 Å². The Labute approximate surface area is 133 Å². The summed E-state index contributed by atoms with van der Waals surface area (Å²) in [5.41, 5.74) is 3.13. The molecule has 5 N–H and O–H groups in total. The number of hydrogen-bond acceptors (Lipinski definition) is 9.